The Balaban J connectivity index is 1.08. The molecule has 5 aromatic rings. The first-order chi connectivity index (χ1) is 22.6. The molecule has 3 atom stereocenters. The molecule has 4 heterocycles. The highest BCUT2D eigenvalue weighted by atomic mass is 16.5. The van der Waals surface area contributed by atoms with Crippen molar-refractivity contribution in [1.29, 1.82) is 0 Å². The Morgan fingerprint density at radius 1 is 0.979 bits per heavy atom. The van der Waals surface area contributed by atoms with Gasteiger partial charge in [-0.2, -0.15) is 5.10 Å². The summed E-state index contributed by atoms with van der Waals surface area (Å²) < 4.78 is 10.3. The number of nitrogens with one attached hydrogen (secondary N) is 2. The molecule has 2 aliphatic rings. The quantitative estimate of drug-likeness (QED) is 0.202. The van der Waals surface area contributed by atoms with Crippen LogP contribution in [0.15, 0.2) is 72.9 Å². The van der Waals surface area contributed by atoms with Crippen LogP contribution >= 0.6 is 0 Å². The average Bonchev–Trinajstić information content (AvgIpc) is 3.67. The van der Waals surface area contributed by atoms with Gasteiger partial charge in [0.15, 0.2) is 5.65 Å². The van der Waals surface area contributed by atoms with E-state index in [1.807, 2.05) is 72.1 Å². The highest BCUT2D eigenvalue weighted by Gasteiger charge is 2.30. The van der Waals surface area contributed by atoms with Gasteiger partial charge in [-0.15, -0.1) is 10.2 Å². The number of anilines is 2. The van der Waals surface area contributed by atoms with E-state index in [1.165, 1.54) is 0 Å². The summed E-state index contributed by atoms with van der Waals surface area (Å²) in [5, 5.41) is 30.1. The van der Waals surface area contributed by atoms with Crippen molar-refractivity contribution in [1.82, 2.24) is 29.7 Å². The van der Waals surface area contributed by atoms with Crippen molar-refractivity contribution in [3.8, 4) is 11.4 Å². The van der Waals surface area contributed by atoms with Crippen molar-refractivity contribution in [2.24, 2.45) is 0 Å². The number of nitrogens with zero attached hydrogens (tertiary/aromatic N) is 6. The molecule has 3 unspecified atom stereocenters. The number of carbonyl (C=O) groups is 1. The van der Waals surface area contributed by atoms with Crippen LogP contribution in [0, 0.1) is 6.92 Å². The second kappa shape index (κ2) is 12.4. The predicted molar refractivity (Wildman–Crippen MR) is 181 cm³/mol. The molecule has 0 saturated carbocycles. The second-order valence-corrected chi connectivity index (χ2v) is 13.7. The third-order valence-corrected chi connectivity index (χ3v) is 9.05. The predicted octanol–water partition coefficient (Wildman–Crippen LogP) is 6.26. The van der Waals surface area contributed by atoms with Crippen LogP contribution in [0.25, 0.3) is 11.3 Å². The maximum atomic E-state index is 13.5. The summed E-state index contributed by atoms with van der Waals surface area (Å²) in [7, 11) is 0. The molecule has 244 valence electrons. The normalized spacial score (nSPS) is 19.8. The molecule has 0 spiro atoms. The Kier molecular flexibility index (Phi) is 8.09. The van der Waals surface area contributed by atoms with Crippen LogP contribution < -0.4 is 20.3 Å². The van der Waals surface area contributed by atoms with Crippen molar-refractivity contribution in [3.05, 3.63) is 95.3 Å². The van der Waals surface area contributed by atoms with Gasteiger partial charge in [-0.3, -0.25) is 9.72 Å². The van der Waals surface area contributed by atoms with E-state index in [1.54, 1.807) is 4.68 Å². The third kappa shape index (κ3) is 6.40. The van der Waals surface area contributed by atoms with Gasteiger partial charge in [-0.25, -0.2) is 9.48 Å². The van der Waals surface area contributed by atoms with E-state index in [0.717, 1.165) is 59.5 Å². The largest absolute Gasteiger partial charge is 0.484 e. The maximum Gasteiger partial charge on any atom is 0.320 e. The van der Waals surface area contributed by atoms with Crippen molar-refractivity contribution in [2.75, 3.05) is 23.3 Å². The lowest BCUT2D eigenvalue weighted by molar-refractivity contribution is 0.153. The number of hydrogen-bond donors (Lipinski definition) is 3. The van der Waals surface area contributed by atoms with Crippen LogP contribution in [0.2, 0.25) is 0 Å². The summed E-state index contributed by atoms with van der Waals surface area (Å²) in [6.07, 6.45) is 4.53. The summed E-state index contributed by atoms with van der Waals surface area (Å²) in [4.78, 5) is 15.6. The van der Waals surface area contributed by atoms with E-state index >= 15 is 0 Å². The fourth-order valence-electron chi connectivity index (χ4n) is 6.50. The molecule has 47 heavy (non-hydrogen) atoms. The molecule has 1 saturated heterocycles. The lowest BCUT2D eigenvalue weighted by atomic mass is 9.85. The number of hydrogen-bond acceptors (Lipinski definition) is 7. The van der Waals surface area contributed by atoms with Crippen LogP contribution in [0.3, 0.4) is 0 Å². The Bertz CT molecular complexity index is 1890. The number of aryl methyl sites for hydroxylation is 1. The summed E-state index contributed by atoms with van der Waals surface area (Å²) in [6.45, 7) is 9.74. The SMILES string of the molecule is Cc1ccc(-n2nc(C(C)(C)C)cc2NC(=O)NC2CCC(Oc3ccc4nnc(N5CCCC(O)C5)n4c3)c3ccccc32)cc1. The Morgan fingerprint density at radius 2 is 1.77 bits per heavy atom. The first kappa shape index (κ1) is 30.7. The van der Waals surface area contributed by atoms with Crippen LogP contribution in [-0.4, -0.2) is 54.7 Å². The number of aliphatic hydroxyl groups is 1. The van der Waals surface area contributed by atoms with E-state index in [9.17, 15) is 9.90 Å². The number of benzene rings is 2. The Morgan fingerprint density at radius 3 is 2.53 bits per heavy atom. The smallest absolute Gasteiger partial charge is 0.320 e. The van der Waals surface area contributed by atoms with Gasteiger partial charge in [-0.1, -0.05) is 62.7 Å². The number of fused-ring (bicyclic) bond motifs is 2. The molecule has 0 bridgehead atoms. The molecular formula is C36H42N8O3. The number of piperidine rings is 1. The molecule has 1 aliphatic carbocycles. The van der Waals surface area contributed by atoms with Gasteiger partial charge in [0.2, 0.25) is 5.95 Å². The lowest BCUT2D eigenvalue weighted by Crippen LogP contribution is -2.39. The van der Waals surface area contributed by atoms with Crippen LogP contribution in [0.5, 0.6) is 5.75 Å². The minimum absolute atomic E-state index is 0.179. The fourth-order valence-corrected chi connectivity index (χ4v) is 6.50. The average molecular weight is 635 g/mol. The van der Waals surface area contributed by atoms with Crippen LogP contribution in [-0.2, 0) is 5.41 Å². The van der Waals surface area contributed by atoms with Crippen molar-refractivity contribution >= 4 is 23.4 Å². The number of carbonyl (C=O) groups excluding carboxylic acids is 1. The number of aliphatic hydroxyl groups excluding tert-OH is 1. The van der Waals surface area contributed by atoms with Crippen molar-refractivity contribution < 1.29 is 14.6 Å². The van der Waals surface area contributed by atoms with Gasteiger partial charge in [-0.05, 0) is 68.0 Å². The van der Waals surface area contributed by atoms with Gasteiger partial charge < -0.3 is 20.1 Å². The first-order valence-electron chi connectivity index (χ1n) is 16.4. The summed E-state index contributed by atoms with van der Waals surface area (Å²) in [6, 6.07) is 21.5. The zero-order chi connectivity index (χ0) is 32.7. The number of urea groups is 1. The van der Waals surface area contributed by atoms with E-state index in [0.29, 0.717) is 30.5 Å². The molecular weight excluding hydrogens is 592 g/mol. The molecule has 7 rings (SSSR count). The first-order valence-corrected chi connectivity index (χ1v) is 16.4. The van der Waals surface area contributed by atoms with Gasteiger partial charge in [0.1, 0.15) is 17.7 Å². The van der Waals surface area contributed by atoms with Crippen LogP contribution in [0.1, 0.15) is 81.0 Å². The highest BCUT2D eigenvalue weighted by Crippen LogP contribution is 2.39. The number of rotatable bonds is 6. The fraction of sp³-hybridized carbons (Fsp3) is 0.389. The highest BCUT2D eigenvalue weighted by molar-refractivity contribution is 5.89. The number of ether oxygens (including phenoxy) is 1. The van der Waals surface area contributed by atoms with Crippen molar-refractivity contribution in [2.45, 2.75) is 77.0 Å². The van der Waals surface area contributed by atoms with Gasteiger partial charge >= 0.3 is 6.03 Å². The standard InChI is InChI=1S/C36H42N8O3/c1-23-11-13-24(14-12-23)44-33(20-31(41-44)36(2,3)4)38-34(46)37-29-16-17-30(28-10-6-5-9-27(28)29)47-26-15-18-32-39-40-35(43(32)22-26)42-19-7-8-25(45)21-42/h5-6,9-15,18,20,22,25,29-30,45H,7-8,16-17,19,21H2,1-4H3,(H2,37,38,46). The maximum absolute atomic E-state index is 13.5. The second-order valence-electron chi connectivity index (χ2n) is 13.7. The van der Waals surface area contributed by atoms with E-state index in [-0.39, 0.29) is 29.7 Å². The van der Waals surface area contributed by atoms with Gasteiger partial charge in [0.05, 0.1) is 29.7 Å². The zero-order valence-corrected chi connectivity index (χ0v) is 27.3. The van der Waals surface area contributed by atoms with Gasteiger partial charge in [0, 0.05) is 24.6 Å². The Labute approximate surface area is 274 Å². The summed E-state index contributed by atoms with van der Waals surface area (Å²) >= 11 is 0. The van der Waals surface area contributed by atoms with Crippen LogP contribution in [0.4, 0.5) is 16.6 Å². The molecule has 1 fully saturated rings. The molecule has 0 radical (unpaired) electrons. The lowest BCUT2D eigenvalue weighted by Gasteiger charge is -2.32. The minimum atomic E-state index is -0.366. The summed E-state index contributed by atoms with van der Waals surface area (Å²) in [5.41, 5.74) is 5.56. The Hall–Kier alpha value is -4.90. The van der Waals surface area contributed by atoms with Crippen molar-refractivity contribution in [3.63, 3.8) is 0 Å². The molecule has 11 heteroatoms. The number of aromatic nitrogens is 5. The summed E-state index contributed by atoms with van der Waals surface area (Å²) in [5.74, 6) is 2.03. The topological polar surface area (TPSA) is 122 Å². The number of pyridine rings is 1. The van der Waals surface area contributed by atoms with E-state index in [4.69, 9.17) is 9.84 Å². The molecule has 11 nitrogen and oxygen atoms in total. The number of β-amino-alcohol motifs (C(OH)–C–C–N with tert-alkyl or cyclic N) is 1. The molecule has 1 aliphatic heterocycles. The molecule has 3 aromatic heterocycles. The number of amides is 2. The molecule has 2 amide bonds. The van der Waals surface area contributed by atoms with E-state index < -0.39 is 0 Å². The monoisotopic (exact) mass is 634 g/mol. The molecule has 3 N–H and O–H groups in total. The minimum Gasteiger partial charge on any atom is -0.484 e. The zero-order valence-electron chi connectivity index (χ0n) is 27.3. The van der Waals surface area contributed by atoms with E-state index in [2.05, 4.69) is 58.6 Å². The van der Waals surface area contributed by atoms with Gasteiger partial charge in [0.25, 0.3) is 0 Å². The molecule has 2 aromatic carbocycles. The third-order valence-electron chi connectivity index (χ3n) is 9.05.